The van der Waals surface area contributed by atoms with Gasteiger partial charge >= 0.3 is 0 Å². The van der Waals surface area contributed by atoms with Gasteiger partial charge in [-0.05, 0) is 50.8 Å². The molecule has 0 radical (unpaired) electrons. The molecule has 1 unspecified atom stereocenters. The third-order valence-electron chi connectivity index (χ3n) is 2.89. The topological polar surface area (TPSA) is 32.3 Å². The lowest BCUT2D eigenvalue weighted by Crippen LogP contribution is -2.43. The van der Waals surface area contributed by atoms with E-state index in [9.17, 15) is 5.11 Å². The fourth-order valence-electron chi connectivity index (χ4n) is 1.49. The molecule has 0 aliphatic carbocycles. The molecule has 1 atom stereocenters. The van der Waals surface area contributed by atoms with E-state index < -0.39 is 0 Å². The molecule has 0 fully saturated rings. The molecule has 1 rings (SSSR count). The van der Waals surface area contributed by atoms with Gasteiger partial charge in [0.1, 0.15) is 0 Å². The Labute approximate surface area is 116 Å². The van der Waals surface area contributed by atoms with Crippen molar-refractivity contribution in [2.24, 2.45) is 0 Å². The summed E-state index contributed by atoms with van der Waals surface area (Å²) in [4.78, 5) is 1.29. The Bertz CT molecular complexity index is 342. The Morgan fingerprint density at radius 3 is 2.82 bits per heavy atom. The van der Waals surface area contributed by atoms with Crippen LogP contribution >= 0.6 is 27.7 Å². The number of rotatable bonds is 7. The van der Waals surface area contributed by atoms with Gasteiger partial charge in [-0.1, -0.05) is 22.0 Å². The molecule has 2 nitrogen and oxygen atoms in total. The van der Waals surface area contributed by atoms with Crippen LogP contribution in [0.25, 0.3) is 0 Å². The lowest BCUT2D eigenvalue weighted by molar-refractivity contribution is 0.173. The molecule has 0 saturated heterocycles. The van der Waals surface area contributed by atoms with Crippen molar-refractivity contribution < 1.29 is 5.11 Å². The third-order valence-corrected chi connectivity index (χ3v) is 4.46. The first-order chi connectivity index (χ1) is 8.09. The van der Waals surface area contributed by atoms with Crippen molar-refractivity contribution in [3.63, 3.8) is 0 Å². The number of hydrogen-bond acceptors (Lipinski definition) is 3. The predicted molar refractivity (Wildman–Crippen MR) is 78.7 cm³/mol. The minimum atomic E-state index is -0.141. The Morgan fingerprint density at radius 2 is 2.24 bits per heavy atom. The van der Waals surface area contributed by atoms with Crippen LogP contribution in [-0.2, 0) is 0 Å². The number of halogens is 1. The standard InChI is InChI=1S/C13H20BrNOS/c1-13(10-16,15-2)7-4-8-17-12-6-3-5-11(14)9-12/h3,5-6,9,15-16H,4,7-8,10H2,1-2H3. The van der Waals surface area contributed by atoms with Crippen LogP contribution < -0.4 is 5.32 Å². The summed E-state index contributed by atoms with van der Waals surface area (Å²) in [5, 5.41) is 12.4. The molecular formula is C13H20BrNOS. The third kappa shape index (κ3) is 5.42. The molecule has 2 N–H and O–H groups in total. The molecular weight excluding hydrogens is 298 g/mol. The molecule has 0 bridgehead atoms. The summed E-state index contributed by atoms with van der Waals surface area (Å²) in [5.74, 6) is 1.08. The number of aliphatic hydroxyl groups is 1. The van der Waals surface area contributed by atoms with Gasteiger partial charge in [-0.15, -0.1) is 11.8 Å². The van der Waals surface area contributed by atoms with Gasteiger partial charge in [0.05, 0.1) is 6.61 Å². The average Bonchev–Trinajstić information content (AvgIpc) is 2.34. The summed E-state index contributed by atoms with van der Waals surface area (Å²) in [5.41, 5.74) is -0.141. The summed E-state index contributed by atoms with van der Waals surface area (Å²) in [6.07, 6.45) is 2.08. The maximum atomic E-state index is 9.26. The maximum Gasteiger partial charge on any atom is 0.0610 e. The largest absolute Gasteiger partial charge is 0.394 e. The number of hydrogen-bond donors (Lipinski definition) is 2. The number of thioether (sulfide) groups is 1. The van der Waals surface area contributed by atoms with Gasteiger partial charge in [0.15, 0.2) is 0 Å². The predicted octanol–water partition coefficient (Wildman–Crippen LogP) is 3.29. The second-order valence-electron chi connectivity index (χ2n) is 4.38. The molecule has 4 heteroatoms. The zero-order valence-electron chi connectivity index (χ0n) is 10.4. The highest BCUT2D eigenvalue weighted by Crippen LogP contribution is 2.24. The van der Waals surface area contributed by atoms with Crippen LogP contribution in [0.2, 0.25) is 0 Å². The summed E-state index contributed by atoms with van der Waals surface area (Å²) in [6.45, 7) is 2.24. The maximum absolute atomic E-state index is 9.26. The fourth-order valence-corrected chi connectivity index (χ4v) is 2.95. The zero-order valence-corrected chi connectivity index (χ0v) is 12.8. The Kier molecular flexibility index (Phi) is 6.55. The van der Waals surface area contributed by atoms with Gasteiger partial charge < -0.3 is 10.4 Å². The summed E-state index contributed by atoms with van der Waals surface area (Å²) in [7, 11) is 1.90. The summed E-state index contributed by atoms with van der Waals surface area (Å²) >= 11 is 5.33. The van der Waals surface area contributed by atoms with Crippen LogP contribution in [0.1, 0.15) is 19.8 Å². The van der Waals surface area contributed by atoms with Crippen LogP contribution in [0.4, 0.5) is 0 Å². The second-order valence-corrected chi connectivity index (χ2v) is 6.46. The number of nitrogens with one attached hydrogen (secondary N) is 1. The van der Waals surface area contributed by atoms with Crippen molar-refractivity contribution in [1.82, 2.24) is 5.32 Å². The van der Waals surface area contributed by atoms with E-state index in [1.807, 2.05) is 24.9 Å². The van der Waals surface area contributed by atoms with E-state index in [-0.39, 0.29) is 12.1 Å². The monoisotopic (exact) mass is 317 g/mol. The molecule has 0 heterocycles. The van der Waals surface area contributed by atoms with Gasteiger partial charge in [-0.2, -0.15) is 0 Å². The lowest BCUT2D eigenvalue weighted by Gasteiger charge is -2.26. The van der Waals surface area contributed by atoms with E-state index in [1.54, 1.807) is 0 Å². The van der Waals surface area contributed by atoms with E-state index in [4.69, 9.17) is 0 Å². The van der Waals surface area contributed by atoms with E-state index in [0.717, 1.165) is 23.1 Å². The number of likely N-dealkylation sites (N-methyl/N-ethyl adjacent to an activating group) is 1. The molecule has 96 valence electrons. The van der Waals surface area contributed by atoms with Gasteiger partial charge in [0, 0.05) is 14.9 Å². The molecule has 0 aliphatic heterocycles. The highest BCUT2D eigenvalue weighted by Gasteiger charge is 2.19. The highest BCUT2D eigenvalue weighted by atomic mass is 79.9. The Morgan fingerprint density at radius 1 is 1.47 bits per heavy atom. The van der Waals surface area contributed by atoms with E-state index in [1.165, 1.54) is 4.90 Å². The quantitative estimate of drug-likeness (QED) is 0.598. The zero-order chi connectivity index (χ0) is 12.7. The highest BCUT2D eigenvalue weighted by molar-refractivity contribution is 9.10. The first-order valence-corrected chi connectivity index (χ1v) is 7.56. The van der Waals surface area contributed by atoms with Crippen LogP contribution in [-0.4, -0.2) is 30.1 Å². The van der Waals surface area contributed by atoms with Crippen LogP contribution in [0.3, 0.4) is 0 Å². The van der Waals surface area contributed by atoms with Crippen molar-refractivity contribution in [2.75, 3.05) is 19.4 Å². The average molecular weight is 318 g/mol. The van der Waals surface area contributed by atoms with E-state index >= 15 is 0 Å². The first-order valence-electron chi connectivity index (χ1n) is 5.78. The van der Waals surface area contributed by atoms with Crippen molar-refractivity contribution >= 4 is 27.7 Å². The smallest absolute Gasteiger partial charge is 0.0610 e. The van der Waals surface area contributed by atoms with Crippen molar-refractivity contribution in [1.29, 1.82) is 0 Å². The second kappa shape index (κ2) is 7.41. The van der Waals surface area contributed by atoms with Crippen LogP contribution in [0, 0.1) is 0 Å². The minimum Gasteiger partial charge on any atom is -0.394 e. The van der Waals surface area contributed by atoms with Crippen LogP contribution in [0.15, 0.2) is 33.6 Å². The van der Waals surface area contributed by atoms with Crippen molar-refractivity contribution in [2.45, 2.75) is 30.2 Å². The van der Waals surface area contributed by atoms with Gasteiger partial charge in [0.2, 0.25) is 0 Å². The first kappa shape index (κ1) is 15.0. The Hall–Kier alpha value is -0.0300. The molecule has 0 aromatic heterocycles. The normalized spacial score (nSPS) is 14.6. The summed E-state index contributed by atoms with van der Waals surface area (Å²) in [6, 6.07) is 8.35. The van der Waals surface area contributed by atoms with E-state index in [0.29, 0.717) is 0 Å². The lowest BCUT2D eigenvalue weighted by atomic mass is 9.98. The molecule has 0 aliphatic rings. The summed E-state index contributed by atoms with van der Waals surface area (Å²) < 4.78 is 1.12. The molecule has 1 aromatic carbocycles. The molecule has 0 spiro atoms. The van der Waals surface area contributed by atoms with Gasteiger partial charge in [0.25, 0.3) is 0 Å². The van der Waals surface area contributed by atoms with Gasteiger partial charge in [-0.25, -0.2) is 0 Å². The van der Waals surface area contributed by atoms with Crippen molar-refractivity contribution in [3.8, 4) is 0 Å². The van der Waals surface area contributed by atoms with Gasteiger partial charge in [-0.3, -0.25) is 0 Å². The SMILES string of the molecule is CNC(C)(CO)CCCSc1cccc(Br)c1. The minimum absolute atomic E-state index is 0.141. The number of aliphatic hydroxyl groups excluding tert-OH is 1. The van der Waals surface area contributed by atoms with Crippen molar-refractivity contribution in [3.05, 3.63) is 28.7 Å². The molecule has 0 amide bonds. The molecule has 17 heavy (non-hydrogen) atoms. The Balaban J connectivity index is 2.29. The molecule has 0 saturated carbocycles. The molecule has 1 aromatic rings. The number of benzene rings is 1. The fraction of sp³-hybridized carbons (Fsp3) is 0.538. The van der Waals surface area contributed by atoms with E-state index in [2.05, 4.69) is 46.4 Å². The van der Waals surface area contributed by atoms with Crippen LogP contribution in [0.5, 0.6) is 0 Å².